The Labute approximate surface area is 197 Å². The van der Waals surface area contributed by atoms with Crippen LogP contribution in [-0.4, -0.2) is 33.4 Å². The van der Waals surface area contributed by atoms with Crippen LogP contribution >= 0.6 is 0 Å². The maximum atomic E-state index is 12.7. The van der Waals surface area contributed by atoms with Crippen molar-refractivity contribution in [3.05, 3.63) is 72.7 Å². The molecule has 10 heteroatoms. The van der Waals surface area contributed by atoms with Crippen LogP contribution in [0.2, 0.25) is 0 Å². The molecule has 0 unspecified atom stereocenters. The number of nitrogens with one attached hydrogen (secondary N) is 2. The van der Waals surface area contributed by atoms with Crippen molar-refractivity contribution in [3.63, 3.8) is 0 Å². The highest BCUT2D eigenvalue weighted by molar-refractivity contribution is 7.89. The molecule has 2 N–H and O–H groups in total. The molecule has 4 rings (SSSR count). The van der Waals surface area contributed by atoms with Crippen LogP contribution in [0.25, 0.3) is 0 Å². The van der Waals surface area contributed by atoms with Gasteiger partial charge >= 0.3 is 0 Å². The van der Waals surface area contributed by atoms with Crippen LogP contribution < -0.4 is 19.7 Å². The maximum absolute atomic E-state index is 12.7. The molecule has 1 aromatic heterocycles. The predicted molar refractivity (Wildman–Crippen MR) is 126 cm³/mol. The fraction of sp³-hybridized carbons (Fsp3) is 0.250. The van der Waals surface area contributed by atoms with E-state index in [0.717, 1.165) is 0 Å². The van der Waals surface area contributed by atoms with Crippen molar-refractivity contribution < 1.29 is 27.2 Å². The number of carbonyl (C=O) groups is 2. The molecule has 34 heavy (non-hydrogen) atoms. The van der Waals surface area contributed by atoms with Crippen molar-refractivity contribution in [1.82, 2.24) is 4.72 Å². The molecule has 1 atom stereocenters. The number of carbonyl (C=O) groups excluding carboxylic acids is 2. The van der Waals surface area contributed by atoms with Crippen LogP contribution in [0.1, 0.15) is 19.1 Å². The number of anilines is 2. The van der Waals surface area contributed by atoms with Crippen molar-refractivity contribution in [2.45, 2.75) is 24.8 Å². The average molecular weight is 484 g/mol. The first-order chi connectivity index (χ1) is 16.4. The summed E-state index contributed by atoms with van der Waals surface area (Å²) in [6, 6.07) is 16.4. The number of rotatable bonds is 9. The normalized spacial score (nSPS) is 16.0. The molecule has 1 aliphatic rings. The van der Waals surface area contributed by atoms with Gasteiger partial charge in [0.1, 0.15) is 11.5 Å². The topological polar surface area (TPSA) is 118 Å². The number of benzene rings is 2. The van der Waals surface area contributed by atoms with E-state index >= 15 is 0 Å². The van der Waals surface area contributed by atoms with E-state index in [1.54, 1.807) is 41.3 Å². The Hall–Kier alpha value is -3.63. The third-order valence-electron chi connectivity index (χ3n) is 5.40. The minimum Gasteiger partial charge on any atom is -0.494 e. The lowest BCUT2D eigenvalue weighted by atomic mass is 10.1. The van der Waals surface area contributed by atoms with Crippen LogP contribution in [-0.2, 0) is 26.2 Å². The predicted octanol–water partition coefficient (Wildman–Crippen LogP) is 3.15. The quantitative estimate of drug-likeness (QED) is 0.483. The molecule has 178 valence electrons. The summed E-state index contributed by atoms with van der Waals surface area (Å²) in [7, 11) is -3.73. The molecule has 0 saturated carbocycles. The van der Waals surface area contributed by atoms with Gasteiger partial charge in [0.25, 0.3) is 0 Å². The SMILES string of the molecule is CCOc1ccc(N2C[C@H](C(=O)Nc3ccc(S(=O)(=O)NCc4ccco4)cc3)CC2=O)cc1. The van der Waals surface area contributed by atoms with Crippen LogP contribution in [0.5, 0.6) is 5.75 Å². The second-order valence-corrected chi connectivity index (χ2v) is 9.52. The van der Waals surface area contributed by atoms with Gasteiger partial charge in [-0.2, -0.15) is 0 Å². The van der Waals surface area contributed by atoms with E-state index in [-0.39, 0.29) is 36.2 Å². The summed E-state index contributed by atoms with van der Waals surface area (Å²) < 4.78 is 37.9. The van der Waals surface area contributed by atoms with Gasteiger partial charge in [0, 0.05) is 24.3 Å². The summed E-state index contributed by atoms with van der Waals surface area (Å²) >= 11 is 0. The molecule has 2 heterocycles. The van der Waals surface area contributed by atoms with Crippen LogP contribution in [0.4, 0.5) is 11.4 Å². The van der Waals surface area contributed by atoms with Gasteiger partial charge < -0.3 is 19.4 Å². The first-order valence-corrected chi connectivity index (χ1v) is 12.3. The number of hydrogen-bond acceptors (Lipinski definition) is 6. The van der Waals surface area contributed by atoms with Crippen molar-refractivity contribution in [2.75, 3.05) is 23.4 Å². The highest BCUT2D eigenvalue weighted by Crippen LogP contribution is 2.28. The number of hydrogen-bond donors (Lipinski definition) is 2. The number of furan rings is 1. The third-order valence-corrected chi connectivity index (χ3v) is 6.82. The van der Waals surface area contributed by atoms with E-state index in [0.29, 0.717) is 29.5 Å². The Balaban J connectivity index is 1.35. The molecule has 1 fully saturated rings. The molecule has 2 aromatic carbocycles. The van der Waals surface area contributed by atoms with Crippen LogP contribution in [0, 0.1) is 5.92 Å². The summed E-state index contributed by atoms with van der Waals surface area (Å²) in [5.41, 5.74) is 1.15. The van der Waals surface area contributed by atoms with Gasteiger partial charge in [0.05, 0.1) is 30.2 Å². The summed E-state index contributed by atoms with van der Waals surface area (Å²) in [5, 5.41) is 2.77. The Morgan fingerprint density at radius 3 is 2.50 bits per heavy atom. The zero-order valence-electron chi connectivity index (χ0n) is 18.6. The minimum absolute atomic E-state index is 0.0361. The zero-order valence-corrected chi connectivity index (χ0v) is 19.4. The van der Waals surface area contributed by atoms with Gasteiger partial charge in [-0.1, -0.05) is 0 Å². The number of amides is 2. The Kier molecular flexibility index (Phi) is 6.99. The van der Waals surface area contributed by atoms with Crippen molar-refractivity contribution in [3.8, 4) is 5.75 Å². The smallest absolute Gasteiger partial charge is 0.240 e. The second-order valence-electron chi connectivity index (χ2n) is 7.75. The number of nitrogens with zero attached hydrogens (tertiary/aromatic N) is 1. The van der Waals surface area contributed by atoms with Gasteiger partial charge in [0.2, 0.25) is 21.8 Å². The van der Waals surface area contributed by atoms with E-state index in [1.165, 1.54) is 30.5 Å². The van der Waals surface area contributed by atoms with Gasteiger partial charge in [0.15, 0.2) is 0 Å². The van der Waals surface area contributed by atoms with Crippen molar-refractivity contribution in [1.29, 1.82) is 0 Å². The van der Waals surface area contributed by atoms with E-state index in [4.69, 9.17) is 9.15 Å². The third kappa shape index (κ3) is 5.46. The fourth-order valence-corrected chi connectivity index (χ4v) is 4.64. The summed E-state index contributed by atoms with van der Waals surface area (Å²) in [6.07, 6.45) is 1.57. The van der Waals surface area contributed by atoms with E-state index in [1.807, 2.05) is 6.92 Å². The van der Waals surface area contributed by atoms with Crippen LogP contribution in [0.3, 0.4) is 0 Å². The first kappa shape index (κ1) is 23.5. The van der Waals surface area contributed by atoms with Gasteiger partial charge in [-0.05, 0) is 67.6 Å². The second kappa shape index (κ2) is 10.1. The standard InChI is InChI=1S/C24H25N3O6S/c1-2-32-20-9-7-19(8-10-20)27-16-17(14-23(27)28)24(29)26-18-5-11-22(12-6-18)34(30,31)25-15-21-4-3-13-33-21/h3-13,17,25H,2,14-16H2,1H3,(H,26,29)/t17-/m1/s1. The summed E-state index contributed by atoms with van der Waals surface area (Å²) in [6.45, 7) is 2.75. The zero-order chi connectivity index (χ0) is 24.1. The molecule has 0 spiro atoms. The van der Waals surface area contributed by atoms with Crippen molar-refractivity contribution in [2.24, 2.45) is 5.92 Å². The summed E-state index contributed by atoms with van der Waals surface area (Å²) in [4.78, 5) is 26.9. The molecule has 2 amide bonds. The number of sulfonamides is 1. The van der Waals surface area contributed by atoms with E-state index < -0.39 is 15.9 Å². The molecule has 1 aliphatic heterocycles. The fourth-order valence-electron chi connectivity index (χ4n) is 3.65. The van der Waals surface area contributed by atoms with Gasteiger partial charge in [-0.15, -0.1) is 0 Å². The molecule has 0 radical (unpaired) electrons. The van der Waals surface area contributed by atoms with E-state index in [2.05, 4.69) is 10.0 Å². The highest BCUT2D eigenvalue weighted by Gasteiger charge is 2.35. The largest absolute Gasteiger partial charge is 0.494 e. The first-order valence-electron chi connectivity index (χ1n) is 10.8. The lowest BCUT2D eigenvalue weighted by Gasteiger charge is -2.17. The Morgan fingerprint density at radius 1 is 1.12 bits per heavy atom. The molecular weight excluding hydrogens is 458 g/mol. The monoisotopic (exact) mass is 483 g/mol. The molecule has 1 saturated heterocycles. The molecule has 0 aliphatic carbocycles. The van der Waals surface area contributed by atoms with Crippen LogP contribution in [0.15, 0.2) is 76.2 Å². The van der Waals surface area contributed by atoms with Gasteiger partial charge in [-0.3, -0.25) is 9.59 Å². The highest BCUT2D eigenvalue weighted by atomic mass is 32.2. The van der Waals surface area contributed by atoms with E-state index in [9.17, 15) is 18.0 Å². The lowest BCUT2D eigenvalue weighted by Crippen LogP contribution is -2.28. The minimum atomic E-state index is -3.73. The van der Waals surface area contributed by atoms with Gasteiger partial charge in [-0.25, -0.2) is 13.1 Å². The molecular formula is C24H25N3O6S. The number of ether oxygens (including phenoxy) is 1. The Morgan fingerprint density at radius 2 is 1.85 bits per heavy atom. The van der Waals surface area contributed by atoms with Crippen molar-refractivity contribution >= 4 is 33.2 Å². The maximum Gasteiger partial charge on any atom is 0.240 e. The molecule has 0 bridgehead atoms. The lowest BCUT2D eigenvalue weighted by molar-refractivity contribution is -0.122. The molecule has 3 aromatic rings. The average Bonchev–Trinajstić information content (AvgIpc) is 3.49. The molecule has 9 nitrogen and oxygen atoms in total. The summed E-state index contributed by atoms with van der Waals surface area (Å²) in [5.74, 6) is 0.269. The Bertz CT molecular complexity index is 1240.